The van der Waals surface area contributed by atoms with Crippen molar-refractivity contribution in [1.29, 1.82) is 0 Å². The average molecular weight is 376 g/mol. The molecule has 7 nitrogen and oxygen atoms in total. The Balaban J connectivity index is 1.42. The Morgan fingerprint density at radius 2 is 2.00 bits per heavy atom. The number of aryl methyl sites for hydroxylation is 1. The Hall–Kier alpha value is -3.09. The summed E-state index contributed by atoms with van der Waals surface area (Å²) < 4.78 is 0. The standard InChI is InChI=1S/C21H24N6O/c1-15-11-17(26-19(28)5-4-16-3-2-7-22-12-16)14-27(13-15)18-6-8-24-21-20(18)23-9-10-25-21/h2-3,6-10,12,15,17H,4-5,11,13-14H2,1H3,(H,26,28). The third-order valence-electron chi connectivity index (χ3n) is 5.08. The maximum Gasteiger partial charge on any atom is 0.220 e. The highest BCUT2D eigenvalue weighted by Crippen LogP contribution is 2.27. The summed E-state index contributed by atoms with van der Waals surface area (Å²) in [6.07, 6.45) is 10.8. The molecular weight excluding hydrogens is 352 g/mol. The number of carbonyl (C=O) groups is 1. The van der Waals surface area contributed by atoms with E-state index in [9.17, 15) is 4.79 Å². The van der Waals surface area contributed by atoms with Crippen molar-refractivity contribution >= 4 is 22.8 Å². The van der Waals surface area contributed by atoms with Crippen LogP contribution in [0.3, 0.4) is 0 Å². The number of hydrogen-bond acceptors (Lipinski definition) is 6. The molecule has 0 bridgehead atoms. The second-order valence-electron chi connectivity index (χ2n) is 7.43. The molecule has 0 spiro atoms. The van der Waals surface area contributed by atoms with Crippen LogP contribution in [0.5, 0.6) is 0 Å². The summed E-state index contributed by atoms with van der Waals surface area (Å²) in [5.74, 6) is 0.555. The average Bonchev–Trinajstić information content (AvgIpc) is 2.72. The number of nitrogens with one attached hydrogen (secondary N) is 1. The van der Waals surface area contributed by atoms with E-state index in [1.807, 2.05) is 24.4 Å². The van der Waals surface area contributed by atoms with Gasteiger partial charge in [0.05, 0.1) is 5.69 Å². The predicted octanol–water partition coefficient (Wildman–Crippen LogP) is 2.38. The molecule has 1 amide bonds. The van der Waals surface area contributed by atoms with Crippen molar-refractivity contribution in [2.24, 2.45) is 5.92 Å². The number of amides is 1. The van der Waals surface area contributed by atoms with Crippen LogP contribution in [0.25, 0.3) is 11.2 Å². The molecule has 0 radical (unpaired) electrons. The van der Waals surface area contributed by atoms with Crippen LogP contribution in [-0.4, -0.2) is 45.0 Å². The van der Waals surface area contributed by atoms with Crippen LogP contribution in [0.4, 0.5) is 5.69 Å². The smallest absolute Gasteiger partial charge is 0.220 e. The van der Waals surface area contributed by atoms with Gasteiger partial charge in [0, 0.05) is 56.5 Å². The number of nitrogens with zero attached hydrogens (tertiary/aromatic N) is 5. The van der Waals surface area contributed by atoms with E-state index < -0.39 is 0 Å². The molecule has 7 heteroatoms. The lowest BCUT2D eigenvalue weighted by molar-refractivity contribution is -0.121. The lowest BCUT2D eigenvalue weighted by atomic mass is 9.95. The summed E-state index contributed by atoms with van der Waals surface area (Å²) in [6, 6.07) is 6.00. The highest BCUT2D eigenvalue weighted by Gasteiger charge is 2.27. The number of anilines is 1. The largest absolute Gasteiger partial charge is 0.367 e. The lowest BCUT2D eigenvalue weighted by Gasteiger charge is -2.38. The molecule has 2 unspecified atom stereocenters. The second-order valence-corrected chi connectivity index (χ2v) is 7.43. The summed E-state index contributed by atoms with van der Waals surface area (Å²) in [5, 5.41) is 3.21. The fraction of sp³-hybridized carbons (Fsp3) is 0.381. The first-order chi connectivity index (χ1) is 13.7. The lowest BCUT2D eigenvalue weighted by Crippen LogP contribution is -2.50. The zero-order valence-electron chi connectivity index (χ0n) is 16.0. The summed E-state index contributed by atoms with van der Waals surface area (Å²) in [7, 11) is 0. The molecule has 4 heterocycles. The molecule has 0 aromatic carbocycles. The van der Waals surface area contributed by atoms with Gasteiger partial charge in [-0.05, 0) is 36.5 Å². The van der Waals surface area contributed by atoms with Crippen LogP contribution in [0.1, 0.15) is 25.3 Å². The molecule has 3 aromatic rings. The van der Waals surface area contributed by atoms with Crippen molar-refractivity contribution in [3.05, 3.63) is 54.7 Å². The zero-order valence-corrected chi connectivity index (χ0v) is 16.0. The SMILES string of the molecule is CC1CC(NC(=O)CCc2cccnc2)CN(c2ccnc3nccnc23)C1. The van der Waals surface area contributed by atoms with Crippen molar-refractivity contribution in [3.8, 4) is 0 Å². The molecule has 144 valence electrons. The maximum atomic E-state index is 12.5. The number of pyridine rings is 2. The summed E-state index contributed by atoms with van der Waals surface area (Å²) in [5.41, 5.74) is 3.56. The minimum Gasteiger partial charge on any atom is -0.367 e. The fourth-order valence-corrected chi connectivity index (χ4v) is 3.87. The van der Waals surface area contributed by atoms with Gasteiger partial charge in [0.25, 0.3) is 0 Å². The van der Waals surface area contributed by atoms with E-state index in [4.69, 9.17) is 0 Å². The van der Waals surface area contributed by atoms with Crippen LogP contribution in [0.2, 0.25) is 0 Å². The monoisotopic (exact) mass is 376 g/mol. The molecule has 0 aliphatic carbocycles. The van der Waals surface area contributed by atoms with E-state index in [2.05, 4.69) is 37.1 Å². The Morgan fingerprint density at radius 3 is 2.86 bits per heavy atom. The first-order valence-corrected chi connectivity index (χ1v) is 9.68. The van der Waals surface area contributed by atoms with Gasteiger partial charge in [-0.25, -0.2) is 15.0 Å². The fourth-order valence-electron chi connectivity index (χ4n) is 3.87. The highest BCUT2D eigenvalue weighted by atomic mass is 16.1. The molecule has 1 aliphatic heterocycles. The van der Waals surface area contributed by atoms with E-state index in [1.54, 1.807) is 24.8 Å². The normalized spacial score (nSPS) is 19.5. The third kappa shape index (κ3) is 4.24. The molecule has 1 N–H and O–H groups in total. The van der Waals surface area contributed by atoms with Crippen molar-refractivity contribution in [2.75, 3.05) is 18.0 Å². The minimum absolute atomic E-state index is 0.0854. The number of aromatic nitrogens is 4. The minimum atomic E-state index is 0.0854. The van der Waals surface area contributed by atoms with E-state index >= 15 is 0 Å². The van der Waals surface area contributed by atoms with Gasteiger partial charge >= 0.3 is 0 Å². The molecule has 0 saturated carbocycles. The van der Waals surface area contributed by atoms with Gasteiger partial charge in [-0.2, -0.15) is 0 Å². The molecule has 1 aliphatic rings. The number of rotatable bonds is 5. The Labute approximate surface area is 164 Å². The first-order valence-electron chi connectivity index (χ1n) is 9.68. The van der Waals surface area contributed by atoms with Crippen molar-refractivity contribution < 1.29 is 4.79 Å². The second kappa shape index (κ2) is 8.29. The van der Waals surface area contributed by atoms with Gasteiger partial charge in [-0.15, -0.1) is 0 Å². The number of carbonyl (C=O) groups excluding carboxylic acids is 1. The van der Waals surface area contributed by atoms with Crippen LogP contribution in [-0.2, 0) is 11.2 Å². The van der Waals surface area contributed by atoms with Gasteiger partial charge in [-0.1, -0.05) is 13.0 Å². The van der Waals surface area contributed by atoms with E-state index in [0.29, 0.717) is 24.4 Å². The molecule has 28 heavy (non-hydrogen) atoms. The maximum absolute atomic E-state index is 12.5. The molecule has 1 saturated heterocycles. The summed E-state index contributed by atoms with van der Waals surface area (Å²) in [6.45, 7) is 3.91. The summed E-state index contributed by atoms with van der Waals surface area (Å²) >= 11 is 0. The number of piperidine rings is 1. The van der Waals surface area contributed by atoms with Crippen LogP contribution >= 0.6 is 0 Å². The van der Waals surface area contributed by atoms with Crippen LogP contribution in [0.15, 0.2) is 49.2 Å². The topological polar surface area (TPSA) is 83.9 Å². The summed E-state index contributed by atoms with van der Waals surface area (Å²) in [4.78, 5) is 31.9. The Morgan fingerprint density at radius 1 is 1.14 bits per heavy atom. The van der Waals surface area contributed by atoms with E-state index in [1.165, 1.54) is 0 Å². The first kappa shape index (κ1) is 18.3. The van der Waals surface area contributed by atoms with Crippen molar-refractivity contribution in [1.82, 2.24) is 25.3 Å². The third-order valence-corrected chi connectivity index (χ3v) is 5.08. The molecule has 3 aromatic heterocycles. The zero-order chi connectivity index (χ0) is 19.3. The van der Waals surface area contributed by atoms with Gasteiger partial charge in [0.2, 0.25) is 5.91 Å². The quantitative estimate of drug-likeness (QED) is 0.736. The molecule has 2 atom stereocenters. The van der Waals surface area contributed by atoms with Crippen LogP contribution < -0.4 is 10.2 Å². The molecule has 4 rings (SSSR count). The van der Waals surface area contributed by atoms with Gasteiger partial charge < -0.3 is 10.2 Å². The highest BCUT2D eigenvalue weighted by molar-refractivity contribution is 5.85. The van der Waals surface area contributed by atoms with Crippen LogP contribution in [0, 0.1) is 5.92 Å². The van der Waals surface area contributed by atoms with Crippen molar-refractivity contribution in [3.63, 3.8) is 0 Å². The molecule has 1 fully saturated rings. The van der Waals surface area contributed by atoms with Gasteiger partial charge in [-0.3, -0.25) is 9.78 Å². The predicted molar refractivity (Wildman–Crippen MR) is 108 cm³/mol. The number of fused-ring (bicyclic) bond motifs is 1. The van der Waals surface area contributed by atoms with E-state index in [-0.39, 0.29) is 11.9 Å². The number of hydrogen-bond donors (Lipinski definition) is 1. The van der Waals surface area contributed by atoms with Gasteiger partial charge in [0.1, 0.15) is 5.52 Å². The Bertz CT molecular complexity index is 943. The van der Waals surface area contributed by atoms with E-state index in [0.717, 1.165) is 36.3 Å². The van der Waals surface area contributed by atoms with Gasteiger partial charge in [0.15, 0.2) is 5.65 Å². The van der Waals surface area contributed by atoms with Crippen molar-refractivity contribution in [2.45, 2.75) is 32.2 Å². The molecular formula is C21H24N6O. The Kier molecular flexibility index (Phi) is 5.41.